The van der Waals surface area contributed by atoms with Crippen LogP contribution in [0.15, 0.2) is 65.7 Å². The van der Waals surface area contributed by atoms with E-state index in [4.69, 9.17) is 10.7 Å². The summed E-state index contributed by atoms with van der Waals surface area (Å²) in [6.07, 6.45) is 10.4. The van der Waals surface area contributed by atoms with Crippen molar-refractivity contribution >= 4 is 38.1 Å². The maximum absolute atomic E-state index is 12.9. The van der Waals surface area contributed by atoms with Gasteiger partial charge in [0.15, 0.2) is 0 Å². The van der Waals surface area contributed by atoms with Crippen LogP contribution in [0.1, 0.15) is 49.8 Å². The molecule has 8 nitrogen and oxygen atoms in total. The van der Waals surface area contributed by atoms with Gasteiger partial charge in [-0.3, -0.25) is 4.98 Å². The molecule has 3 N–H and O–H groups in total. The van der Waals surface area contributed by atoms with Crippen LogP contribution in [0.3, 0.4) is 0 Å². The second-order valence-electron chi connectivity index (χ2n) is 11.9. The zero-order valence-corrected chi connectivity index (χ0v) is 24.7. The van der Waals surface area contributed by atoms with Gasteiger partial charge in [-0.25, -0.2) is 13.4 Å². The molecule has 0 unspecified atom stereocenters. The number of rotatable bonds is 6. The van der Waals surface area contributed by atoms with Crippen LogP contribution in [0.25, 0.3) is 22.0 Å². The Balaban J connectivity index is 1.19. The highest BCUT2D eigenvalue weighted by atomic mass is 32.2. The Morgan fingerprint density at radius 3 is 2.43 bits per heavy atom. The molecule has 7 rings (SSSR count). The average Bonchev–Trinajstić information content (AvgIpc) is 3.65. The van der Waals surface area contributed by atoms with Gasteiger partial charge >= 0.3 is 0 Å². The summed E-state index contributed by atoms with van der Waals surface area (Å²) < 4.78 is 27.4. The van der Waals surface area contributed by atoms with Crippen LogP contribution in [-0.2, 0) is 22.9 Å². The van der Waals surface area contributed by atoms with Gasteiger partial charge in [0, 0.05) is 55.2 Å². The highest BCUT2D eigenvalue weighted by Gasteiger charge is 2.28. The lowest BCUT2D eigenvalue weighted by Crippen LogP contribution is -2.27. The van der Waals surface area contributed by atoms with Gasteiger partial charge in [-0.15, -0.1) is 0 Å². The Bertz CT molecular complexity index is 1720. The fraction of sp³-hybridized carbons (Fsp3) is 0.394. The normalized spacial score (nSPS) is 19.6. The van der Waals surface area contributed by atoms with E-state index in [1.54, 1.807) is 28.6 Å². The Labute approximate surface area is 248 Å². The maximum atomic E-state index is 12.9. The SMILES string of the molecule is N[C@H]1CCN(c2c3c(nc4ccc(-c5ccnc(Nc6ccc(S(=O)(=O)N7CCCC7)cc6)c5)cc24)CCCCC3)C1. The molecule has 2 fully saturated rings. The van der Waals surface area contributed by atoms with Crippen LogP contribution >= 0.6 is 0 Å². The first kappa shape index (κ1) is 27.3. The largest absolute Gasteiger partial charge is 0.369 e. The predicted molar refractivity (Wildman–Crippen MR) is 169 cm³/mol. The Kier molecular flexibility index (Phi) is 7.34. The van der Waals surface area contributed by atoms with Crippen LogP contribution < -0.4 is 16.0 Å². The molecule has 0 saturated carbocycles. The predicted octanol–water partition coefficient (Wildman–Crippen LogP) is 5.63. The van der Waals surface area contributed by atoms with E-state index in [0.717, 1.165) is 67.5 Å². The van der Waals surface area contributed by atoms with Gasteiger partial charge in [-0.05, 0) is 110 Å². The second-order valence-corrected chi connectivity index (χ2v) is 13.8. The minimum atomic E-state index is -3.44. The number of hydrogen-bond donors (Lipinski definition) is 2. The lowest BCUT2D eigenvalue weighted by atomic mass is 9.97. The van der Waals surface area contributed by atoms with E-state index >= 15 is 0 Å². The van der Waals surface area contributed by atoms with Crippen molar-refractivity contribution in [3.63, 3.8) is 0 Å². The number of pyridine rings is 2. The molecule has 2 aromatic carbocycles. The van der Waals surface area contributed by atoms with Gasteiger partial charge in [0.05, 0.1) is 16.1 Å². The molecule has 4 heterocycles. The number of anilines is 3. The van der Waals surface area contributed by atoms with Crippen molar-refractivity contribution in [3.8, 4) is 11.1 Å². The van der Waals surface area contributed by atoms with E-state index in [1.807, 2.05) is 18.3 Å². The smallest absolute Gasteiger partial charge is 0.243 e. The molecule has 0 spiro atoms. The molecule has 2 aliphatic heterocycles. The van der Waals surface area contributed by atoms with Crippen molar-refractivity contribution in [1.29, 1.82) is 0 Å². The van der Waals surface area contributed by atoms with Crippen molar-refractivity contribution in [2.24, 2.45) is 5.73 Å². The van der Waals surface area contributed by atoms with E-state index in [-0.39, 0.29) is 6.04 Å². The van der Waals surface area contributed by atoms with Crippen LogP contribution in [0.2, 0.25) is 0 Å². The first-order valence-corrected chi connectivity index (χ1v) is 16.7. The lowest BCUT2D eigenvalue weighted by molar-refractivity contribution is 0.477. The molecule has 2 aromatic heterocycles. The molecule has 9 heteroatoms. The zero-order valence-electron chi connectivity index (χ0n) is 23.9. The fourth-order valence-corrected chi connectivity index (χ4v) is 8.24. The quantitative estimate of drug-likeness (QED) is 0.284. The molecule has 218 valence electrons. The number of nitrogens with one attached hydrogen (secondary N) is 1. The summed E-state index contributed by atoms with van der Waals surface area (Å²) in [5, 5.41) is 4.55. The summed E-state index contributed by atoms with van der Waals surface area (Å²) in [6.45, 7) is 3.06. The van der Waals surface area contributed by atoms with Crippen LogP contribution in [0.4, 0.5) is 17.2 Å². The van der Waals surface area contributed by atoms with Crippen molar-refractivity contribution in [1.82, 2.24) is 14.3 Å². The lowest BCUT2D eigenvalue weighted by Gasteiger charge is -2.25. The average molecular weight is 583 g/mol. The molecule has 42 heavy (non-hydrogen) atoms. The molecule has 4 aromatic rings. The minimum Gasteiger partial charge on any atom is -0.369 e. The van der Waals surface area contributed by atoms with Gasteiger partial charge in [0.1, 0.15) is 5.82 Å². The molecule has 0 amide bonds. The van der Waals surface area contributed by atoms with Crippen molar-refractivity contribution < 1.29 is 8.42 Å². The third-order valence-corrected chi connectivity index (χ3v) is 10.9. The number of sulfonamides is 1. The molecule has 0 bridgehead atoms. The van der Waals surface area contributed by atoms with Crippen LogP contribution in [0.5, 0.6) is 0 Å². The number of nitrogens with zero attached hydrogens (tertiary/aromatic N) is 4. The Hall–Kier alpha value is -3.53. The molecular weight excluding hydrogens is 544 g/mol. The van der Waals surface area contributed by atoms with Gasteiger partial charge < -0.3 is 16.0 Å². The molecule has 1 atom stereocenters. The molecular formula is C33H38N6O2S. The third-order valence-electron chi connectivity index (χ3n) is 8.95. The highest BCUT2D eigenvalue weighted by molar-refractivity contribution is 7.89. The van der Waals surface area contributed by atoms with E-state index in [1.165, 1.54) is 41.6 Å². The Morgan fingerprint density at radius 1 is 0.857 bits per heavy atom. The molecule has 2 saturated heterocycles. The third kappa shape index (κ3) is 5.25. The van der Waals surface area contributed by atoms with Crippen molar-refractivity contribution in [2.45, 2.75) is 62.3 Å². The number of nitrogens with two attached hydrogens (primary N) is 1. The minimum absolute atomic E-state index is 0.209. The fourth-order valence-electron chi connectivity index (χ4n) is 6.72. The number of hydrogen-bond acceptors (Lipinski definition) is 7. The van der Waals surface area contributed by atoms with Crippen LogP contribution in [0, 0.1) is 0 Å². The van der Waals surface area contributed by atoms with E-state index < -0.39 is 10.0 Å². The number of fused-ring (bicyclic) bond motifs is 2. The first-order valence-electron chi connectivity index (χ1n) is 15.3. The number of benzene rings is 2. The highest BCUT2D eigenvalue weighted by Crippen LogP contribution is 2.39. The number of aromatic nitrogens is 2. The van der Waals surface area contributed by atoms with Crippen LogP contribution in [-0.4, -0.2) is 54.9 Å². The summed E-state index contributed by atoms with van der Waals surface area (Å²) in [5.41, 5.74) is 14.4. The molecule has 0 radical (unpaired) electrons. The second kappa shape index (κ2) is 11.3. The van der Waals surface area contributed by atoms with E-state index in [0.29, 0.717) is 23.8 Å². The van der Waals surface area contributed by atoms with Crippen molar-refractivity contribution in [3.05, 3.63) is 72.1 Å². The summed E-state index contributed by atoms with van der Waals surface area (Å²) in [4.78, 5) is 12.5. The van der Waals surface area contributed by atoms with E-state index in [2.05, 4.69) is 33.4 Å². The zero-order chi connectivity index (χ0) is 28.7. The number of aryl methyl sites for hydroxylation is 1. The summed E-state index contributed by atoms with van der Waals surface area (Å²) in [7, 11) is -3.44. The van der Waals surface area contributed by atoms with Gasteiger partial charge in [0.25, 0.3) is 0 Å². The van der Waals surface area contributed by atoms with E-state index in [9.17, 15) is 8.42 Å². The van der Waals surface area contributed by atoms with Gasteiger partial charge in [-0.2, -0.15) is 4.31 Å². The summed E-state index contributed by atoms with van der Waals surface area (Å²) >= 11 is 0. The summed E-state index contributed by atoms with van der Waals surface area (Å²) in [6, 6.07) is 17.8. The molecule has 1 aliphatic carbocycles. The topological polar surface area (TPSA) is 104 Å². The first-order chi connectivity index (χ1) is 20.5. The monoisotopic (exact) mass is 582 g/mol. The Morgan fingerprint density at radius 2 is 1.64 bits per heavy atom. The standard InChI is InChI=1S/C33H38N6O2S/c34-25-15-19-38(22-25)33-28-6-2-1-3-7-30(28)37-31-13-8-23(20-29(31)33)24-14-16-35-32(21-24)36-26-9-11-27(12-10-26)42(40,41)39-17-4-5-18-39/h8-14,16,20-21,25H,1-7,15,17-19,22,34H2,(H,35,36)/t25-/m0/s1. The van der Waals surface area contributed by atoms with Gasteiger partial charge in [0.2, 0.25) is 10.0 Å². The maximum Gasteiger partial charge on any atom is 0.243 e. The summed E-state index contributed by atoms with van der Waals surface area (Å²) in [5.74, 6) is 0.702. The molecule has 3 aliphatic rings. The van der Waals surface area contributed by atoms with Gasteiger partial charge in [-0.1, -0.05) is 12.5 Å². The van der Waals surface area contributed by atoms with Crippen molar-refractivity contribution in [2.75, 3.05) is 36.4 Å².